The van der Waals surface area contributed by atoms with Gasteiger partial charge in [-0.25, -0.2) is 0 Å². The molecular formula is C9H13Cl2NS. The fourth-order valence-corrected chi connectivity index (χ4v) is 3.01. The van der Waals surface area contributed by atoms with Crippen LogP contribution < -0.4 is 0 Å². The molecule has 1 aromatic rings. The molecule has 1 unspecified atom stereocenters. The van der Waals surface area contributed by atoms with Crippen LogP contribution in [0.15, 0.2) is 6.07 Å². The first-order valence-corrected chi connectivity index (χ1v) is 5.74. The van der Waals surface area contributed by atoms with Gasteiger partial charge in [-0.3, -0.25) is 0 Å². The van der Waals surface area contributed by atoms with Crippen molar-refractivity contribution in [2.75, 3.05) is 14.1 Å². The van der Waals surface area contributed by atoms with Crippen molar-refractivity contribution >= 4 is 34.5 Å². The molecule has 0 aromatic carbocycles. The number of rotatable bonds is 3. The van der Waals surface area contributed by atoms with Crippen LogP contribution >= 0.6 is 34.5 Å². The summed E-state index contributed by atoms with van der Waals surface area (Å²) in [4.78, 5) is 2.16. The third-order valence-electron chi connectivity index (χ3n) is 2.05. The molecule has 0 aliphatic heterocycles. The summed E-state index contributed by atoms with van der Waals surface area (Å²) in [6.07, 6.45) is 1.04. The maximum Gasteiger partial charge on any atom is 0.0992 e. The predicted octanol–water partition coefficient (Wildman–Crippen LogP) is 4.07. The van der Waals surface area contributed by atoms with Gasteiger partial charge in [0.15, 0.2) is 0 Å². The van der Waals surface area contributed by atoms with E-state index in [0.29, 0.717) is 6.04 Å². The Bertz CT molecular complexity index is 283. The van der Waals surface area contributed by atoms with Gasteiger partial charge in [0.05, 0.1) is 8.67 Å². The molecule has 0 amide bonds. The van der Waals surface area contributed by atoms with Crippen LogP contribution in [0.5, 0.6) is 0 Å². The van der Waals surface area contributed by atoms with Crippen molar-refractivity contribution in [3.8, 4) is 0 Å². The fourth-order valence-electron chi connectivity index (χ4n) is 1.44. The molecule has 0 N–H and O–H groups in total. The second-order valence-corrected chi connectivity index (χ2v) is 5.45. The van der Waals surface area contributed by atoms with Crippen molar-refractivity contribution in [1.82, 2.24) is 4.90 Å². The lowest BCUT2D eigenvalue weighted by Gasteiger charge is -2.22. The fraction of sp³-hybridized carbons (Fsp3) is 0.556. The first-order valence-electron chi connectivity index (χ1n) is 4.17. The van der Waals surface area contributed by atoms with Crippen molar-refractivity contribution in [1.29, 1.82) is 0 Å². The number of halogens is 2. The van der Waals surface area contributed by atoms with Gasteiger partial charge in [0.2, 0.25) is 0 Å². The minimum absolute atomic E-state index is 0.372. The molecular weight excluding hydrogens is 225 g/mol. The van der Waals surface area contributed by atoms with E-state index >= 15 is 0 Å². The lowest BCUT2D eigenvalue weighted by atomic mass is 10.1. The van der Waals surface area contributed by atoms with Crippen LogP contribution in [0.3, 0.4) is 0 Å². The van der Waals surface area contributed by atoms with Crippen molar-refractivity contribution in [3.63, 3.8) is 0 Å². The van der Waals surface area contributed by atoms with E-state index in [0.717, 1.165) is 20.7 Å². The molecule has 4 heteroatoms. The maximum atomic E-state index is 6.07. The Balaban J connectivity index is 2.97. The van der Waals surface area contributed by atoms with Gasteiger partial charge in [-0.1, -0.05) is 30.1 Å². The van der Waals surface area contributed by atoms with E-state index < -0.39 is 0 Å². The summed E-state index contributed by atoms with van der Waals surface area (Å²) >= 11 is 13.4. The summed E-state index contributed by atoms with van der Waals surface area (Å²) < 4.78 is 1.57. The van der Waals surface area contributed by atoms with Gasteiger partial charge >= 0.3 is 0 Å². The average Bonchev–Trinajstić information content (AvgIpc) is 2.31. The third kappa shape index (κ3) is 2.59. The van der Waals surface area contributed by atoms with E-state index in [4.69, 9.17) is 23.2 Å². The minimum Gasteiger partial charge on any atom is -0.302 e. The first-order chi connectivity index (χ1) is 6.06. The lowest BCUT2D eigenvalue weighted by molar-refractivity contribution is 0.292. The highest BCUT2D eigenvalue weighted by Gasteiger charge is 2.17. The second kappa shape index (κ2) is 4.65. The molecule has 0 aliphatic carbocycles. The summed E-state index contributed by atoms with van der Waals surface area (Å²) in [7, 11) is 4.10. The van der Waals surface area contributed by atoms with E-state index in [9.17, 15) is 0 Å². The second-order valence-electron chi connectivity index (χ2n) is 3.17. The van der Waals surface area contributed by atoms with Crippen LogP contribution in [-0.2, 0) is 0 Å². The number of hydrogen-bond donors (Lipinski definition) is 0. The highest BCUT2D eigenvalue weighted by molar-refractivity contribution is 7.20. The minimum atomic E-state index is 0.372. The molecule has 1 atom stereocenters. The predicted molar refractivity (Wildman–Crippen MR) is 61.1 cm³/mol. The Morgan fingerprint density at radius 3 is 2.38 bits per heavy atom. The molecule has 1 heterocycles. The summed E-state index contributed by atoms with van der Waals surface area (Å²) in [5.74, 6) is 0. The number of hydrogen-bond acceptors (Lipinski definition) is 2. The zero-order valence-electron chi connectivity index (χ0n) is 7.97. The largest absolute Gasteiger partial charge is 0.302 e. The maximum absolute atomic E-state index is 6.07. The Labute approximate surface area is 93.3 Å². The van der Waals surface area contributed by atoms with Crippen LogP contribution in [0.1, 0.15) is 24.9 Å². The monoisotopic (exact) mass is 237 g/mol. The van der Waals surface area contributed by atoms with Gasteiger partial charge in [0.1, 0.15) is 0 Å². The van der Waals surface area contributed by atoms with Gasteiger partial charge in [0, 0.05) is 11.6 Å². The van der Waals surface area contributed by atoms with Crippen LogP contribution in [0.25, 0.3) is 0 Å². The van der Waals surface area contributed by atoms with E-state index in [1.165, 1.54) is 11.3 Å². The van der Waals surface area contributed by atoms with Crippen molar-refractivity contribution in [3.05, 3.63) is 20.3 Å². The molecule has 74 valence electrons. The van der Waals surface area contributed by atoms with Crippen LogP contribution in [0.4, 0.5) is 0 Å². The molecule has 0 radical (unpaired) electrons. The first kappa shape index (κ1) is 11.3. The van der Waals surface area contributed by atoms with E-state index in [2.05, 4.69) is 25.9 Å². The molecule has 0 saturated heterocycles. The van der Waals surface area contributed by atoms with Crippen molar-refractivity contribution < 1.29 is 0 Å². The molecule has 1 aromatic heterocycles. The summed E-state index contributed by atoms with van der Waals surface area (Å²) in [5, 5.41) is 0. The van der Waals surface area contributed by atoms with Gasteiger partial charge in [0.25, 0.3) is 0 Å². The quantitative estimate of drug-likeness (QED) is 0.767. The lowest BCUT2D eigenvalue weighted by Crippen LogP contribution is -2.18. The summed E-state index contributed by atoms with van der Waals surface area (Å²) in [6, 6.07) is 2.33. The van der Waals surface area contributed by atoms with Crippen LogP contribution in [0.2, 0.25) is 8.67 Å². The Morgan fingerprint density at radius 2 is 2.08 bits per heavy atom. The standard InChI is InChI=1S/C9H13Cl2NS/c1-4-7(12(2)3)6-5-8(10)13-9(6)11/h5,7H,4H2,1-3H3. The highest BCUT2D eigenvalue weighted by atomic mass is 35.5. The number of nitrogens with zero attached hydrogens (tertiary/aromatic N) is 1. The smallest absolute Gasteiger partial charge is 0.0992 e. The average molecular weight is 238 g/mol. The van der Waals surface area contributed by atoms with Gasteiger partial charge in [-0.15, -0.1) is 11.3 Å². The molecule has 0 spiro atoms. The van der Waals surface area contributed by atoms with Crippen LogP contribution in [0, 0.1) is 0 Å². The summed E-state index contributed by atoms with van der Waals surface area (Å²) in [6.45, 7) is 2.15. The van der Waals surface area contributed by atoms with E-state index in [1.54, 1.807) is 0 Å². The Kier molecular flexibility index (Phi) is 4.05. The van der Waals surface area contributed by atoms with E-state index in [-0.39, 0.29) is 0 Å². The van der Waals surface area contributed by atoms with Crippen molar-refractivity contribution in [2.24, 2.45) is 0 Å². The molecule has 1 nitrogen and oxygen atoms in total. The zero-order valence-corrected chi connectivity index (χ0v) is 10.3. The van der Waals surface area contributed by atoms with Crippen LogP contribution in [-0.4, -0.2) is 19.0 Å². The topological polar surface area (TPSA) is 3.24 Å². The summed E-state index contributed by atoms with van der Waals surface area (Å²) in [5.41, 5.74) is 1.14. The van der Waals surface area contributed by atoms with Gasteiger partial charge in [-0.05, 0) is 26.6 Å². The molecule has 0 aliphatic rings. The molecule has 1 rings (SSSR count). The third-order valence-corrected chi connectivity index (χ3v) is 3.57. The molecule has 0 bridgehead atoms. The zero-order chi connectivity index (χ0) is 10.0. The Hall–Kier alpha value is 0.240. The number of thiophene rings is 1. The highest BCUT2D eigenvalue weighted by Crippen LogP contribution is 2.37. The van der Waals surface area contributed by atoms with Gasteiger partial charge < -0.3 is 4.90 Å². The van der Waals surface area contributed by atoms with Crippen molar-refractivity contribution in [2.45, 2.75) is 19.4 Å². The van der Waals surface area contributed by atoms with Gasteiger partial charge in [-0.2, -0.15) is 0 Å². The normalized spacial score (nSPS) is 13.7. The molecule has 13 heavy (non-hydrogen) atoms. The SMILES string of the molecule is CCC(c1cc(Cl)sc1Cl)N(C)C. The van der Waals surface area contributed by atoms with E-state index in [1.807, 2.05) is 6.07 Å². The molecule has 0 fully saturated rings. The Morgan fingerprint density at radius 1 is 1.46 bits per heavy atom. The molecule has 0 saturated carbocycles.